The van der Waals surface area contributed by atoms with Crippen molar-refractivity contribution in [3.63, 3.8) is 0 Å². The Bertz CT molecular complexity index is 303. The summed E-state index contributed by atoms with van der Waals surface area (Å²) in [6.45, 7) is 1.87. The van der Waals surface area contributed by atoms with Crippen LogP contribution in [0.1, 0.15) is 24.8 Å². The Morgan fingerprint density at radius 1 is 1.36 bits per heavy atom. The molecule has 0 heterocycles. The van der Waals surface area contributed by atoms with Crippen LogP contribution in [0.25, 0.3) is 0 Å². The van der Waals surface area contributed by atoms with Gasteiger partial charge in [-0.25, -0.2) is 0 Å². The van der Waals surface area contributed by atoms with Gasteiger partial charge < -0.3 is 9.84 Å². The maximum atomic E-state index is 9.40. The Kier molecular flexibility index (Phi) is 2.46. The molecule has 0 saturated heterocycles. The molecule has 2 nitrogen and oxygen atoms in total. The summed E-state index contributed by atoms with van der Waals surface area (Å²) in [5.74, 6) is 1.91. The molecule has 1 aromatic rings. The first kappa shape index (κ1) is 9.53. The fourth-order valence-corrected chi connectivity index (χ4v) is 1.98. The summed E-state index contributed by atoms with van der Waals surface area (Å²) in [4.78, 5) is 0. The largest absolute Gasteiger partial charge is 0.497 e. The van der Waals surface area contributed by atoms with Crippen LogP contribution in [0, 0.1) is 5.92 Å². The van der Waals surface area contributed by atoms with Crippen LogP contribution in [-0.4, -0.2) is 18.3 Å². The van der Waals surface area contributed by atoms with Gasteiger partial charge in [0.1, 0.15) is 5.75 Å². The molecule has 3 atom stereocenters. The molecule has 0 radical (unpaired) electrons. The van der Waals surface area contributed by atoms with Crippen molar-refractivity contribution in [1.29, 1.82) is 0 Å². The highest BCUT2D eigenvalue weighted by molar-refractivity contribution is 5.32. The number of aliphatic hydroxyl groups is 1. The van der Waals surface area contributed by atoms with Crippen LogP contribution in [-0.2, 0) is 0 Å². The summed E-state index contributed by atoms with van der Waals surface area (Å²) in [6, 6.07) is 8.14. The minimum atomic E-state index is -0.179. The van der Waals surface area contributed by atoms with E-state index in [0.29, 0.717) is 11.8 Å². The lowest BCUT2D eigenvalue weighted by Gasteiger charge is -2.04. The van der Waals surface area contributed by atoms with E-state index >= 15 is 0 Å². The van der Waals surface area contributed by atoms with Gasteiger partial charge in [-0.1, -0.05) is 12.1 Å². The molecule has 1 N–H and O–H groups in total. The zero-order valence-electron chi connectivity index (χ0n) is 8.60. The Morgan fingerprint density at radius 2 is 2.00 bits per heavy atom. The predicted octanol–water partition coefficient (Wildman–Crippen LogP) is 2.18. The van der Waals surface area contributed by atoms with E-state index in [4.69, 9.17) is 4.74 Å². The highest BCUT2D eigenvalue weighted by Gasteiger charge is 2.41. The lowest BCUT2D eigenvalue weighted by molar-refractivity contribution is 0.169. The second-order valence-electron chi connectivity index (χ2n) is 4.02. The number of benzene rings is 1. The Morgan fingerprint density at radius 3 is 2.43 bits per heavy atom. The topological polar surface area (TPSA) is 29.5 Å². The standard InChI is InChI=1S/C12H16O2/c1-8(13)11-7-12(11)9-3-5-10(14-2)6-4-9/h3-6,8,11-13H,7H2,1-2H3/t8-,11+,12-/m1/s1. The monoisotopic (exact) mass is 192 g/mol. The summed E-state index contributed by atoms with van der Waals surface area (Å²) in [6.07, 6.45) is 0.936. The minimum absolute atomic E-state index is 0.179. The zero-order chi connectivity index (χ0) is 10.1. The van der Waals surface area contributed by atoms with Crippen molar-refractivity contribution in [2.75, 3.05) is 7.11 Å². The second-order valence-corrected chi connectivity index (χ2v) is 4.02. The van der Waals surface area contributed by atoms with Gasteiger partial charge in [0.25, 0.3) is 0 Å². The zero-order valence-corrected chi connectivity index (χ0v) is 8.60. The molecule has 0 amide bonds. The van der Waals surface area contributed by atoms with Gasteiger partial charge in [-0.2, -0.15) is 0 Å². The molecule has 2 rings (SSSR count). The molecule has 0 spiro atoms. The van der Waals surface area contributed by atoms with Crippen LogP contribution >= 0.6 is 0 Å². The van der Waals surface area contributed by atoms with Gasteiger partial charge in [-0.05, 0) is 42.9 Å². The molecular weight excluding hydrogens is 176 g/mol. The van der Waals surface area contributed by atoms with E-state index in [1.165, 1.54) is 5.56 Å². The minimum Gasteiger partial charge on any atom is -0.497 e. The van der Waals surface area contributed by atoms with E-state index in [0.717, 1.165) is 12.2 Å². The molecule has 1 aliphatic carbocycles. The van der Waals surface area contributed by atoms with E-state index in [2.05, 4.69) is 12.1 Å². The Balaban J connectivity index is 2.05. The van der Waals surface area contributed by atoms with Gasteiger partial charge in [-0.15, -0.1) is 0 Å². The first-order chi connectivity index (χ1) is 6.72. The Labute approximate surface area is 84.5 Å². The van der Waals surface area contributed by atoms with Crippen molar-refractivity contribution in [2.24, 2.45) is 5.92 Å². The first-order valence-corrected chi connectivity index (χ1v) is 5.04. The van der Waals surface area contributed by atoms with E-state index < -0.39 is 0 Å². The van der Waals surface area contributed by atoms with Crippen molar-refractivity contribution >= 4 is 0 Å². The van der Waals surface area contributed by atoms with Crippen LogP contribution in [0.3, 0.4) is 0 Å². The van der Waals surface area contributed by atoms with Crippen LogP contribution in [0.4, 0.5) is 0 Å². The van der Waals surface area contributed by atoms with Gasteiger partial charge in [-0.3, -0.25) is 0 Å². The molecule has 2 heteroatoms. The molecule has 1 saturated carbocycles. The smallest absolute Gasteiger partial charge is 0.118 e. The molecule has 0 unspecified atom stereocenters. The van der Waals surface area contributed by atoms with E-state index in [1.807, 2.05) is 19.1 Å². The first-order valence-electron chi connectivity index (χ1n) is 5.04. The molecule has 0 aromatic heterocycles. The number of ether oxygens (including phenoxy) is 1. The summed E-state index contributed by atoms with van der Waals surface area (Å²) < 4.78 is 5.09. The fourth-order valence-electron chi connectivity index (χ4n) is 1.98. The second kappa shape index (κ2) is 3.62. The van der Waals surface area contributed by atoms with E-state index in [9.17, 15) is 5.11 Å². The van der Waals surface area contributed by atoms with Gasteiger partial charge in [0, 0.05) is 0 Å². The third-order valence-electron chi connectivity index (χ3n) is 3.00. The van der Waals surface area contributed by atoms with Crippen LogP contribution in [0.5, 0.6) is 5.75 Å². The molecule has 1 fully saturated rings. The summed E-state index contributed by atoms with van der Waals surface area (Å²) in [5, 5.41) is 9.40. The molecule has 76 valence electrons. The third-order valence-corrected chi connectivity index (χ3v) is 3.00. The SMILES string of the molecule is COc1ccc([C@H]2C[C@H]2[C@@H](C)O)cc1. The average molecular weight is 192 g/mol. The normalized spacial score (nSPS) is 27.1. The molecule has 0 bridgehead atoms. The van der Waals surface area contributed by atoms with Crippen molar-refractivity contribution in [3.8, 4) is 5.75 Å². The molecule has 14 heavy (non-hydrogen) atoms. The Hall–Kier alpha value is -1.02. The van der Waals surface area contributed by atoms with Gasteiger partial charge in [0.05, 0.1) is 13.2 Å². The van der Waals surface area contributed by atoms with Gasteiger partial charge in [0.2, 0.25) is 0 Å². The number of aliphatic hydroxyl groups excluding tert-OH is 1. The van der Waals surface area contributed by atoms with E-state index in [1.54, 1.807) is 7.11 Å². The number of rotatable bonds is 3. The highest BCUT2D eigenvalue weighted by atomic mass is 16.5. The maximum absolute atomic E-state index is 9.40. The lowest BCUT2D eigenvalue weighted by Crippen LogP contribution is -2.03. The predicted molar refractivity (Wildman–Crippen MR) is 55.5 cm³/mol. The number of methoxy groups -OCH3 is 1. The summed E-state index contributed by atoms with van der Waals surface area (Å²) >= 11 is 0. The van der Waals surface area contributed by atoms with Crippen LogP contribution in [0.2, 0.25) is 0 Å². The average Bonchev–Trinajstić information content (AvgIpc) is 2.97. The quantitative estimate of drug-likeness (QED) is 0.795. The summed E-state index contributed by atoms with van der Waals surface area (Å²) in [5.41, 5.74) is 1.32. The maximum Gasteiger partial charge on any atom is 0.118 e. The molecule has 0 aliphatic heterocycles. The molecule has 1 aliphatic rings. The van der Waals surface area contributed by atoms with Gasteiger partial charge >= 0.3 is 0 Å². The highest BCUT2D eigenvalue weighted by Crippen LogP contribution is 2.49. The van der Waals surface area contributed by atoms with Crippen molar-refractivity contribution in [3.05, 3.63) is 29.8 Å². The van der Waals surface area contributed by atoms with Crippen LogP contribution < -0.4 is 4.74 Å². The third kappa shape index (κ3) is 1.75. The van der Waals surface area contributed by atoms with E-state index in [-0.39, 0.29) is 6.10 Å². The number of hydrogen-bond acceptors (Lipinski definition) is 2. The molecular formula is C12H16O2. The van der Waals surface area contributed by atoms with Gasteiger partial charge in [0.15, 0.2) is 0 Å². The van der Waals surface area contributed by atoms with Crippen molar-refractivity contribution in [2.45, 2.75) is 25.4 Å². The van der Waals surface area contributed by atoms with Crippen molar-refractivity contribution in [1.82, 2.24) is 0 Å². The molecule has 1 aromatic carbocycles. The summed E-state index contributed by atoms with van der Waals surface area (Å²) in [7, 11) is 1.67. The van der Waals surface area contributed by atoms with Crippen molar-refractivity contribution < 1.29 is 9.84 Å². The van der Waals surface area contributed by atoms with Crippen LogP contribution in [0.15, 0.2) is 24.3 Å². The number of hydrogen-bond donors (Lipinski definition) is 1. The lowest BCUT2D eigenvalue weighted by atomic mass is 10.1. The fraction of sp³-hybridized carbons (Fsp3) is 0.500.